The molecular weight excluding hydrogens is 638 g/mol. The SMILES string of the molecule is CCCCCCOC(=O)CC[C@@H](C)C1CC[C@H]2[C@@H]3[C@H](OC(=O)CCN)C[C@@H]4C[C@H](OC(=O)CCN)CC[C@]4(C)[C@H]3C[C@H](OC(=O)CCN)[C@]12C. The number of carbonyl (C=O) groups excluding carboxylic acids is 4. The van der Waals surface area contributed by atoms with Gasteiger partial charge in [0, 0.05) is 37.4 Å². The van der Waals surface area contributed by atoms with Gasteiger partial charge in [-0.15, -0.1) is 0 Å². The van der Waals surface area contributed by atoms with Gasteiger partial charge in [-0.1, -0.05) is 47.0 Å². The molecule has 0 aliphatic heterocycles. The van der Waals surface area contributed by atoms with E-state index in [0.29, 0.717) is 38.7 Å². The Hall–Kier alpha value is -2.24. The van der Waals surface area contributed by atoms with Gasteiger partial charge in [0.25, 0.3) is 0 Å². The Labute approximate surface area is 300 Å². The topological polar surface area (TPSA) is 183 Å². The Morgan fingerprint density at radius 1 is 0.740 bits per heavy atom. The zero-order valence-electron chi connectivity index (χ0n) is 31.3. The van der Waals surface area contributed by atoms with Crippen molar-refractivity contribution < 1.29 is 38.1 Å². The Balaban J connectivity index is 1.61. The highest BCUT2D eigenvalue weighted by atomic mass is 16.6. The van der Waals surface area contributed by atoms with Crippen molar-refractivity contribution in [3.63, 3.8) is 0 Å². The number of fused-ring (bicyclic) bond motifs is 5. The Kier molecular flexibility index (Phi) is 15.0. The van der Waals surface area contributed by atoms with Crippen molar-refractivity contribution in [2.24, 2.45) is 63.5 Å². The summed E-state index contributed by atoms with van der Waals surface area (Å²) < 4.78 is 24.2. The summed E-state index contributed by atoms with van der Waals surface area (Å²) in [6, 6.07) is 0. The first-order chi connectivity index (χ1) is 23.9. The number of carbonyl (C=O) groups is 4. The van der Waals surface area contributed by atoms with Crippen molar-refractivity contribution >= 4 is 23.9 Å². The van der Waals surface area contributed by atoms with Crippen LogP contribution in [-0.2, 0) is 38.1 Å². The number of unbranched alkanes of at least 4 members (excludes halogenated alkanes) is 3. The molecule has 4 fully saturated rings. The molecule has 0 aromatic rings. The smallest absolute Gasteiger partial charge is 0.307 e. The maximum Gasteiger partial charge on any atom is 0.307 e. The van der Waals surface area contributed by atoms with E-state index in [9.17, 15) is 19.2 Å². The molecule has 0 heterocycles. The number of hydrogen-bond donors (Lipinski definition) is 3. The minimum Gasteiger partial charge on any atom is -0.466 e. The second-order valence-electron chi connectivity index (χ2n) is 16.3. The molecule has 11 nitrogen and oxygen atoms in total. The van der Waals surface area contributed by atoms with Crippen LogP contribution < -0.4 is 17.2 Å². The third kappa shape index (κ3) is 9.21. The van der Waals surface area contributed by atoms with E-state index >= 15 is 0 Å². The molecule has 286 valence electrons. The number of ether oxygens (including phenoxy) is 4. The predicted octanol–water partition coefficient (Wildman–Crippen LogP) is 5.19. The van der Waals surface area contributed by atoms with E-state index in [1.807, 2.05) is 0 Å². The number of esters is 4. The molecule has 0 spiro atoms. The van der Waals surface area contributed by atoms with Gasteiger partial charge in [-0.25, -0.2) is 0 Å². The lowest BCUT2D eigenvalue weighted by molar-refractivity contribution is -0.225. The van der Waals surface area contributed by atoms with E-state index < -0.39 is 0 Å². The van der Waals surface area contributed by atoms with Crippen LogP contribution in [0.3, 0.4) is 0 Å². The average Bonchev–Trinajstić information content (AvgIpc) is 3.43. The van der Waals surface area contributed by atoms with Crippen LogP contribution in [0.25, 0.3) is 0 Å². The zero-order chi connectivity index (χ0) is 36.5. The van der Waals surface area contributed by atoms with Gasteiger partial charge in [0.1, 0.15) is 18.3 Å². The standard InChI is InChI=1S/C39H67N3O8/c1-5-6-7-8-21-47-33(43)12-9-25(2)28-10-11-29-37-30(24-32(39(28,29)4)50-36(46)16-20-42)38(3)17-13-27(48-34(44)14-18-40)22-26(38)23-31(37)49-35(45)15-19-41/h25-32,37H,5-24,40-42H2,1-4H3/t25-,26+,27-,28?,29+,30+,31-,32+,37+,38+,39-/m1/s1. The molecule has 4 saturated carbocycles. The molecule has 6 N–H and O–H groups in total. The fourth-order valence-electron chi connectivity index (χ4n) is 10.8. The first kappa shape index (κ1) is 40.5. The lowest BCUT2D eigenvalue weighted by Gasteiger charge is -2.64. The van der Waals surface area contributed by atoms with Gasteiger partial charge in [-0.05, 0) is 92.8 Å². The zero-order valence-corrected chi connectivity index (χ0v) is 31.3. The molecule has 1 unspecified atom stereocenters. The van der Waals surface area contributed by atoms with Crippen LogP contribution in [0.1, 0.15) is 130 Å². The highest BCUT2D eigenvalue weighted by Crippen LogP contribution is 2.69. The summed E-state index contributed by atoms with van der Waals surface area (Å²) in [5.41, 5.74) is 16.7. The number of hydrogen-bond acceptors (Lipinski definition) is 11. The van der Waals surface area contributed by atoms with Gasteiger partial charge < -0.3 is 36.1 Å². The minimum absolute atomic E-state index is 0.0917. The van der Waals surface area contributed by atoms with Crippen molar-refractivity contribution in [3.05, 3.63) is 0 Å². The molecule has 0 aromatic heterocycles. The maximum absolute atomic E-state index is 13.2. The van der Waals surface area contributed by atoms with Gasteiger partial charge in [-0.2, -0.15) is 0 Å². The second-order valence-corrected chi connectivity index (χ2v) is 16.3. The van der Waals surface area contributed by atoms with Gasteiger partial charge in [0.2, 0.25) is 0 Å². The first-order valence-electron chi connectivity index (χ1n) is 19.8. The molecular formula is C39H67N3O8. The third-order valence-electron chi connectivity index (χ3n) is 13.4. The van der Waals surface area contributed by atoms with Gasteiger partial charge in [0.05, 0.1) is 25.9 Å². The lowest BCUT2D eigenvalue weighted by Crippen LogP contribution is -2.63. The molecule has 4 aliphatic rings. The van der Waals surface area contributed by atoms with Crippen molar-refractivity contribution in [2.75, 3.05) is 26.2 Å². The molecule has 0 aromatic carbocycles. The maximum atomic E-state index is 13.2. The lowest BCUT2D eigenvalue weighted by atomic mass is 9.43. The number of rotatable bonds is 18. The fraction of sp³-hybridized carbons (Fsp3) is 0.897. The van der Waals surface area contributed by atoms with Crippen LogP contribution in [0.15, 0.2) is 0 Å². The van der Waals surface area contributed by atoms with Gasteiger partial charge in [0.15, 0.2) is 0 Å². The third-order valence-corrected chi connectivity index (χ3v) is 13.4. The summed E-state index contributed by atoms with van der Waals surface area (Å²) in [5.74, 6) is -0.00890. The molecule has 0 amide bonds. The van der Waals surface area contributed by atoms with Crippen LogP contribution in [0.2, 0.25) is 0 Å². The van der Waals surface area contributed by atoms with E-state index in [-0.39, 0.29) is 127 Å². The Morgan fingerprint density at radius 2 is 1.40 bits per heavy atom. The summed E-state index contributed by atoms with van der Waals surface area (Å²) in [5, 5.41) is 0. The summed E-state index contributed by atoms with van der Waals surface area (Å²) in [6.07, 6.45) is 10.6. The van der Waals surface area contributed by atoms with E-state index in [1.54, 1.807) is 0 Å². The average molecular weight is 706 g/mol. The molecule has 0 bridgehead atoms. The molecule has 0 saturated heterocycles. The molecule has 50 heavy (non-hydrogen) atoms. The van der Waals surface area contributed by atoms with Gasteiger partial charge in [-0.3, -0.25) is 19.2 Å². The molecule has 4 aliphatic carbocycles. The number of nitrogens with two attached hydrogens (primary N) is 3. The van der Waals surface area contributed by atoms with Crippen LogP contribution in [0.4, 0.5) is 0 Å². The van der Waals surface area contributed by atoms with E-state index in [1.165, 1.54) is 0 Å². The molecule has 11 atom stereocenters. The predicted molar refractivity (Wildman–Crippen MR) is 190 cm³/mol. The van der Waals surface area contributed by atoms with E-state index in [4.69, 9.17) is 36.1 Å². The fourth-order valence-corrected chi connectivity index (χ4v) is 10.8. The molecule has 4 rings (SSSR count). The largest absolute Gasteiger partial charge is 0.466 e. The first-order valence-corrected chi connectivity index (χ1v) is 19.8. The van der Waals surface area contributed by atoms with Crippen molar-refractivity contribution in [1.82, 2.24) is 0 Å². The summed E-state index contributed by atoms with van der Waals surface area (Å²) in [7, 11) is 0. The van der Waals surface area contributed by atoms with E-state index in [0.717, 1.165) is 51.4 Å². The minimum atomic E-state index is -0.369. The van der Waals surface area contributed by atoms with Crippen molar-refractivity contribution in [3.8, 4) is 0 Å². The van der Waals surface area contributed by atoms with Crippen LogP contribution in [0, 0.1) is 46.3 Å². The summed E-state index contributed by atoms with van der Waals surface area (Å²) in [4.78, 5) is 51.4. The summed E-state index contributed by atoms with van der Waals surface area (Å²) >= 11 is 0. The van der Waals surface area contributed by atoms with Gasteiger partial charge >= 0.3 is 23.9 Å². The second kappa shape index (κ2) is 18.5. The van der Waals surface area contributed by atoms with Crippen molar-refractivity contribution in [2.45, 2.75) is 149 Å². The Morgan fingerprint density at radius 3 is 2.06 bits per heavy atom. The highest BCUT2D eigenvalue weighted by Gasteiger charge is 2.67. The molecule has 0 radical (unpaired) electrons. The monoisotopic (exact) mass is 705 g/mol. The quantitative estimate of drug-likeness (QED) is 0.0970. The van der Waals surface area contributed by atoms with Crippen LogP contribution in [-0.4, -0.2) is 68.4 Å². The van der Waals surface area contributed by atoms with Crippen molar-refractivity contribution in [1.29, 1.82) is 0 Å². The van der Waals surface area contributed by atoms with Crippen LogP contribution >= 0.6 is 0 Å². The molecule has 11 heteroatoms. The highest BCUT2D eigenvalue weighted by molar-refractivity contribution is 5.71. The normalized spacial score (nSPS) is 35.2. The Bertz CT molecular complexity index is 1150. The van der Waals surface area contributed by atoms with Crippen LogP contribution in [0.5, 0.6) is 0 Å². The van der Waals surface area contributed by atoms with E-state index in [2.05, 4.69) is 27.7 Å². The summed E-state index contributed by atoms with van der Waals surface area (Å²) in [6.45, 7) is 10.2.